The van der Waals surface area contributed by atoms with Crippen molar-refractivity contribution in [2.75, 3.05) is 38.5 Å². The minimum atomic E-state index is -3.57. The van der Waals surface area contributed by atoms with Crippen molar-refractivity contribution in [3.8, 4) is 0 Å². The molecule has 1 amide bonds. The van der Waals surface area contributed by atoms with Gasteiger partial charge >= 0.3 is 0 Å². The number of carbonyl (C=O) groups excluding carboxylic acids is 1. The molecule has 1 saturated heterocycles. The van der Waals surface area contributed by atoms with Crippen LogP contribution in [0.25, 0.3) is 0 Å². The topological polar surface area (TPSA) is 69.7 Å². The molecule has 0 aromatic heterocycles. The van der Waals surface area contributed by atoms with Crippen molar-refractivity contribution in [3.05, 3.63) is 35.4 Å². The molecule has 1 aliphatic heterocycles. The van der Waals surface area contributed by atoms with Gasteiger partial charge in [-0.15, -0.1) is 0 Å². The molecule has 0 radical (unpaired) electrons. The van der Waals surface area contributed by atoms with Crippen LogP contribution in [0.3, 0.4) is 0 Å². The first-order chi connectivity index (χ1) is 11.9. The van der Waals surface area contributed by atoms with Gasteiger partial charge < -0.3 is 10.2 Å². The minimum absolute atomic E-state index is 0.126. The maximum absolute atomic E-state index is 12.7. The summed E-state index contributed by atoms with van der Waals surface area (Å²) in [4.78, 5) is 14.5. The number of hydrogen-bond acceptors (Lipinski definition) is 4. The zero-order valence-corrected chi connectivity index (χ0v) is 16.2. The van der Waals surface area contributed by atoms with E-state index in [1.165, 1.54) is 9.87 Å². The van der Waals surface area contributed by atoms with E-state index in [0.717, 1.165) is 12.0 Å². The largest absolute Gasteiger partial charge is 0.332 e. The number of sulfonamides is 1. The van der Waals surface area contributed by atoms with Crippen molar-refractivity contribution in [1.82, 2.24) is 14.5 Å². The van der Waals surface area contributed by atoms with Crippen LogP contribution < -0.4 is 5.32 Å². The summed E-state index contributed by atoms with van der Waals surface area (Å²) in [5, 5.41) is 3.30. The molecule has 1 N–H and O–H groups in total. The first-order valence-electron chi connectivity index (χ1n) is 8.99. The summed E-state index contributed by atoms with van der Waals surface area (Å²) in [6.45, 7) is 8.29. The molecule has 1 unspecified atom stereocenters. The Kier molecular flexibility index (Phi) is 6.98. The molecule has 0 spiro atoms. The predicted octanol–water partition coefficient (Wildman–Crippen LogP) is 1.39. The third-order valence-corrected chi connectivity index (χ3v) is 6.66. The Morgan fingerprint density at radius 2 is 1.84 bits per heavy atom. The number of aryl methyl sites for hydroxylation is 1. The molecule has 1 aliphatic rings. The lowest BCUT2D eigenvalue weighted by atomic mass is 10.0. The minimum Gasteiger partial charge on any atom is -0.332 e. The maximum atomic E-state index is 12.7. The monoisotopic (exact) mass is 367 g/mol. The van der Waals surface area contributed by atoms with Gasteiger partial charge in [0.05, 0.1) is 6.04 Å². The summed E-state index contributed by atoms with van der Waals surface area (Å²) in [5.74, 6) is -0.781. The Morgan fingerprint density at radius 1 is 1.20 bits per heavy atom. The molecule has 0 saturated carbocycles. The lowest BCUT2D eigenvalue weighted by Crippen LogP contribution is -2.51. The van der Waals surface area contributed by atoms with Gasteiger partial charge in [0.1, 0.15) is 5.75 Å². The van der Waals surface area contributed by atoms with Crippen LogP contribution in [0.15, 0.2) is 24.3 Å². The Bertz CT molecular complexity index is 669. The van der Waals surface area contributed by atoms with Crippen LogP contribution in [0.5, 0.6) is 0 Å². The molecular formula is C18H29N3O3S. The van der Waals surface area contributed by atoms with Gasteiger partial charge in [0.2, 0.25) is 15.9 Å². The number of benzene rings is 1. The Hall–Kier alpha value is -1.44. The van der Waals surface area contributed by atoms with E-state index in [0.29, 0.717) is 32.7 Å². The lowest BCUT2D eigenvalue weighted by Gasteiger charge is -2.37. The smallest absolute Gasteiger partial charge is 0.239 e. The molecule has 2 rings (SSSR count). The van der Waals surface area contributed by atoms with Crippen molar-refractivity contribution >= 4 is 15.9 Å². The molecule has 1 aromatic carbocycles. The van der Waals surface area contributed by atoms with Crippen molar-refractivity contribution in [3.63, 3.8) is 0 Å². The highest BCUT2D eigenvalue weighted by atomic mass is 32.2. The number of amides is 1. The van der Waals surface area contributed by atoms with E-state index in [2.05, 4.69) is 24.4 Å². The first kappa shape index (κ1) is 19.9. The van der Waals surface area contributed by atoms with Gasteiger partial charge in [0.15, 0.2) is 0 Å². The quantitative estimate of drug-likeness (QED) is 0.791. The summed E-state index contributed by atoms with van der Waals surface area (Å²) < 4.78 is 26.2. The van der Waals surface area contributed by atoms with Crippen LogP contribution in [-0.2, 0) is 21.2 Å². The molecule has 1 aromatic rings. The van der Waals surface area contributed by atoms with Crippen molar-refractivity contribution in [1.29, 1.82) is 0 Å². The van der Waals surface area contributed by atoms with E-state index >= 15 is 0 Å². The molecule has 7 heteroatoms. The summed E-state index contributed by atoms with van der Waals surface area (Å²) in [6, 6.07) is 8.09. The number of carbonyl (C=O) groups is 1. The van der Waals surface area contributed by atoms with E-state index in [1.54, 1.807) is 18.7 Å². The van der Waals surface area contributed by atoms with Crippen molar-refractivity contribution in [2.24, 2.45) is 0 Å². The number of nitrogens with zero attached hydrogens (tertiary/aromatic N) is 2. The lowest BCUT2D eigenvalue weighted by molar-refractivity contribution is -0.131. The van der Waals surface area contributed by atoms with E-state index < -0.39 is 15.8 Å². The van der Waals surface area contributed by atoms with E-state index in [4.69, 9.17) is 0 Å². The molecular weight excluding hydrogens is 338 g/mol. The molecule has 25 heavy (non-hydrogen) atoms. The normalized spacial score (nSPS) is 18.6. The molecule has 1 atom stereocenters. The highest BCUT2D eigenvalue weighted by Crippen LogP contribution is 2.23. The summed E-state index contributed by atoms with van der Waals surface area (Å²) >= 11 is 0. The fraction of sp³-hybridized carbons (Fsp3) is 0.611. The molecule has 140 valence electrons. The van der Waals surface area contributed by atoms with Crippen LogP contribution in [0.2, 0.25) is 0 Å². The third-order valence-electron chi connectivity index (χ3n) is 4.74. The van der Waals surface area contributed by atoms with Crippen LogP contribution in [-0.4, -0.2) is 62.0 Å². The Morgan fingerprint density at radius 3 is 2.40 bits per heavy atom. The van der Waals surface area contributed by atoms with E-state index in [-0.39, 0.29) is 11.9 Å². The van der Waals surface area contributed by atoms with Crippen molar-refractivity contribution in [2.45, 2.75) is 33.2 Å². The van der Waals surface area contributed by atoms with Crippen LogP contribution >= 0.6 is 0 Å². The highest BCUT2D eigenvalue weighted by molar-refractivity contribution is 7.89. The second-order valence-electron chi connectivity index (χ2n) is 6.24. The van der Waals surface area contributed by atoms with E-state index in [9.17, 15) is 13.2 Å². The second-order valence-corrected chi connectivity index (χ2v) is 8.21. The van der Waals surface area contributed by atoms with Gasteiger partial charge in [-0.05, 0) is 17.5 Å². The predicted molar refractivity (Wildman–Crippen MR) is 99.9 cm³/mol. The fourth-order valence-corrected chi connectivity index (χ4v) is 4.67. The standard InChI is InChI=1S/C18H29N3O3S/c1-4-15-7-9-16(10-8-15)17-13-19-11-12-21(17)18(22)14-25(23,24)20(5-2)6-3/h7-10,17,19H,4-6,11-14H2,1-3H3. The van der Waals surface area contributed by atoms with Crippen LogP contribution in [0.4, 0.5) is 0 Å². The molecule has 0 bridgehead atoms. The van der Waals surface area contributed by atoms with Gasteiger partial charge in [-0.2, -0.15) is 0 Å². The highest BCUT2D eigenvalue weighted by Gasteiger charge is 2.32. The zero-order chi connectivity index (χ0) is 18.4. The van der Waals surface area contributed by atoms with Gasteiger partial charge in [-0.25, -0.2) is 12.7 Å². The average Bonchev–Trinajstić information content (AvgIpc) is 2.62. The average molecular weight is 368 g/mol. The number of hydrogen-bond donors (Lipinski definition) is 1. The van der Waals surface area contributed by atoms with Crippen LogP contribution in [0, 0.1) is 0 Å². The maximum Gasteiger partial charge on any atom is 0.239 e. The Labute approximate surface area is 151 Å². The molecule has 1 heterocycles. The first-order valence-corrected chi connectivity index (χ1v) is 10.6. The summed E-state index contributed by atoms with van der Waals surface area (Å²) in [5.41, 5.74) is 2.28. The van der Waals surface area contributed by atoms with Gasteiger partial charge in [0, 0.05) is 32.7 Å². The zero-order valence-electron chi connectivity index (χ0n) is 15.4. The second kappa shape index (κ2) is 8.78. The van der Waals surface area contributed by atoms with E-state index in [1.807, 2.05) is 12.1 Å². The van der Waals surface area contributed by atoms with Crippen LogP contribution in [0.1, 0.15) is 37.9 Å². The third kappa shape index (κ3) is 4.80. The summed E-state index contributed by atoms with van der Waals surface area (Å²) in [6.07, 6.45) is 0.966. The Balaban J connectivity index is 2.17. The van der Waals surface area contributed by atoms with Crippen molar-refractivity contribution < 1.29 is 13.2 Å². The summed E-state index contributed by atoms with van der Waals surface area (Å²) in [7, 11) is -3.57. The van der Waals surface area contributed by atoms with Gasteiger partial charge in [0.25, 0.3) is 0 Å². The SMILES string of the molecule is CCc1ccc(C2CNCCN2C(=O)CS(=O)(=O)N(CC)CC)cc1. The fourth-order valence-electron chi connectivity index (χ4n) is 3.22. The molecule has 1 fully saturated rings. The number of piperazine rings is 1. The number of nitrogens with one attached hydrogen (secondary N) is 1. The molecule has 6 nitrogen and oxygen atoms in total. The number of rotatable bonds is 7. The molecule has 0 aliphatic carbocycles. The van der Waals surface area contributed by atoms with Gasteiger partial charge in [-0.1, -0.05) is 45.0 Å². The van der Waals surface area contributed by atoms with Gasteiger partial charge in [-0.3, -0.25) is 4.79 Å².